The molecule has 1 fully saturated rings. The lowest BCUT2D eigenvalue weighted by Crippen LogP contribution is -2.23. The molecule has 1 saturated heterocycles. The van der Waals surface area contributed by atoms with E-state index in [9.17, 15) is 4.79 Å². The van der Waals surface area contributed by atoms with Gasteiger partial charge in [-0.3, -0.25) is 4.79 Å². The van der Waals surface area contributed by atoms with Crippen molar-refractivity contribution in [3.05, 3.63) is 0 Å². The number of nitrogens with zero attached hydrogens (tertiary/aromatic N) is 1. The number of esters is 1. The summed E-state index contributed by atoms with van der Waals surface area (Å²) in [6.07, 6.45) is 2.43. The van der Waals surface area contributed by atoms with Crippen molar-refractivity contribution >= 4 is 5.97 Å². The van der Waals surface area contributed by atoms with Crippen molar-refractivity contribution in [3.8, 4) is 0 Å². The third kappa shape index (κ3) is 3.64. The number of aliphatic hydroxyl groups is 1. The minimum absolute atomic E-state index is 0.136. The second kappa shape index (κ2) is 5.98. The Kier molecular flexibility index (Phi) is 4.90. The average molecular weight is 201 g/mol. The van der Waals surface area contributed by atoms with Gasteiger partial charge in [0, 0.05) is 19.6 Å². The van der Waals surface area contributed by atoms with Gasteiger partial charge >= 0.3 is 5.97 Å². The second-order valence-electron chi connectivity index (χ2n) is 3.82. The Labute approximate surface area is 84.8 Å². The van der Waals surface area contributed by atoms with Crippen molar-refractivity contribution in [1.82, 2.24) is 4.90 Å². The summed E-state index contributed by atoms with van der Waals surface area (Å²) in [7, 11) is 1.42. The molecule has 0 saturated carbocycles. The van der Waals surface area contributed by atoms with Crippen LogP contribution in [0.2, 0.25) is 0 Å². The number of likely N-dealkylation sites (tertiary alicyclic amines) is 1. The molecule has 1 aliphatic rings. The molecule has 0 aromatic heterocycles. The predicted molar refractivity (Wildman–Crippen MR) is 52.9 cm³/mol. The van der Waals surface area contributed by atoms with E-state index in [1.54, 1.807) is 0 Å². The van der Waals surface area contributed by atoms with Gasteiger partial charge in [-0.1, -0.05) is 0 Å². The summed E-state index contributed by atoms with van der Waals surface area (Å²) < 4.78 is 4.56. The zero-order chi connectivity index (χ0) is 10.4. The molecule has 0 aliphatic carbocycles. The number of aliphatic hydroxyl groups excluding tert-OH is 1. The van der Waals surface area contributed by atoms with Crippen LogP contribution in [0.1, 0.15) is 19.3 Å². The predicted octanol–water partition coefficient (Wildman–Crippen LogP) is 0.254. The van der Waals surface area contributed by atoms with Gasteiger partial charge in [0.2, 0.25) is 0 Å². The van der Waals surface area contributed by atoms with Gasteiger partial charge in [-0.15, -0.1) is 0 Å². The third-order valence-corrected chi connectivity index (χ3v) is 2.71. The molecule has 1 N–H and O–H groups in total. The average Bonchev–Trinajstić information content (AvgIpc) is 2.65. The normalized spacial score (nSPS) is 22.6. The van der Waals surface area contributed by atoms with E-state index >= 15 is 0 Å². The Hall–Kier alpha value is -0.610. The molecule has 1 rings (SSSR count). The lowest BCUT2D eigenvalue weighted by Gasteiger charge is -2.14. The van der Waals surface area contributed by atoms with Gasteiger partial charge in [0.1, 0.15) is 0 Å². The monoisotopic (exact) mass is 201 g/mol. The van der Waals surface area contributed by atoms with Crippen LogP contribution in [0.5, 0.6) is 0 Å². The smallest absolute Gasteiger partial charge is 0.305 e. The number of hydrogen-bond donors (Lipinski definition) is 1. The summed E-state index contributed by atoms with van der Waals surface area (Å²) in [6.45, 7) is 3.24. The van der Waals surface area contributed by atoms with Crippen LogP contribution in [0.3, 0.4) is 0 Å². The lowest BCUT2D eigenvalue weighted by molar-refractivity contribution is -0.140. The first kappa shape index (κ1) is 11.5. The van der Waals surface area contributed by atoms with Crippen molar-refractivity contribution in [2.75, 3.05) is 33.4 Å². The van der Waals surface area contributed by atoms with Crippen LogP contribution >= 0.6 is 0 Å². The number of ether oxygens (including phenoxy) is 1. The molecule has 1 heterocycles. The van der Waals surface area contributed by atoms with Crippen molar-refractivity contribution in [1.29, 1.82) is 0 Å². The summed E-state index contributed by atoms with van der Waals surface area (Å²) in [5, 5.41) is 8.93. The largest absolute Gasteiger partial charge is 0.469 e. The number of methoxy groups -OCH3 is 1. The Morgan fingerprint density at radius 2 is 2.43 bits per heavy atom. The van der Waals surface area contributed by atoms with Gasteiger partial charge in [0.25, 0.3) is 0 Å². The Balaban J connectivity index is 2.05. The standard InChI is InChI=1S/C10H19NO3/c1-14-10(13)3-2-5-11-6-4-9(7-11)8-12/h9,12H,2-8H2,1H3. The molecule has 1 aliphatic heterocycles. The fourth-order valence-electron chi connectivity index (χ4n) is 1.81. The highest BCUT2D eigenvalue weighted by atomic mass is 16.5. The zero-order valence-electron chi connectivity index (χ0n) is 8.74. The maximum atomic E-state index is 10.8. The minimum Gasteiger partial charge on any atom is -0.469 e. The van der Waals surface area contributed by atoms with Gasteiger partial charge in [0.15, 0.2) is 0 Å². The topological polar surface area (TPSA) is 49.8 Å². The SMILES string of the molecule is COC(=O)CCCN1CCC(CO)C1. The van der Waals surface area contributed by atoms with E-state index < -0.39 is 0 Å². The van der Waals surface area contributed by atoms with Gasteiger partial charge in [-0.05, 0) is 31.8 Å². The van der Waals surface area contributed by atoms with E-state index in [0.29, 0.717) is 12.3 Å². The first-order valence-corrected chi connectivity index (χ1v) is 5.16. The van der Waals surface area contributed by atoms with Crippen LogP contribution in [0.4, 0.5) is 0 Å². The van der Waals surface area contributed by atoms with Gasteiger partial charge in [0.05, 0.1) is 7.11 Å². The highest BCUT2D eigenvalue weighted by molar-refractivity contribution is 5.69. The van der Waals surface area contributed by atoms with Crippen molar-refractivity contribution in [2.45, 2.75) is 19.3 Å². The summed E-state index contributed by atoms with van der Waals surface area (Å²) in [4.78, 5) is 13.1. The number of carbonyl (C=O) groups is 1. The van der Waals surface area contributed by atoms with E-state index in [1.807, 2.05) is 0 Å². The second-order valence-corrected chi connectivity index (χ2v) is 3.82. The Morgan fingerprint density at radius 1 is 1.64 bits per heavy atom. The molecule has 14 heavy (non-hydrogen) atoms. The fourth-order valence-corrected chi connectivity index (χ4v) is 1.81. The van der Waals surface area contributed by atoms with Crippen LogP contribution in [0.25, 0.3) is 0 Å². The maximum absolute atomic E-state index is 10.8. The molecule has 4 nitrogen and oxygen atoms in total. The third-order valence-electron chi connectivity index (χ3n) is 2.71. The summed E-state index contributed by atoms with van der Waals surface area (Å²) in [5.74, 6) is 0.302. The van der Waals surface area contributed by atoms with Crippen LogP contribution in [0.15, 0.2) is 0 Å². The fraction of sp³-hybridized carbons (Fsp3) is 0.900. The summed E-state index contributed by atoms with van der Waals surface area (Å²) in [5.41, 5.74) is 0. The van der Waals surface area contributed by atoms with Crippen molar-refractivity contribution < 1.29 is 14.6 Å². The number of carbonyl (C=O) groups excluding carboxylic acids is 1. The highest BCUT2D eigenvalue weighted by Crippen LogP contribution is 2.15. The maximum Gasteiger partial charge on any atom is 0.305 e. The zero-order valence-corrected chi connectivity index (χ0v) is 8.74. The molecule has 0 amide bonds. The number of hydrogen-bond acceptors (Lipinski definition) is 4. The molecule has 82 valence electrons. The molecule has 1 atom stereocenters. The van der Waals surface area contributed by atoms with E-state index in [-0.39, 0.29) is 12.6 Å². The first-order chi connectivity index (χ1) is 6.76. The van der Waals surface area contributed by atoms with E-state index in [1.165, 1.54) is 7.11 Å². The summed E-state index contributed by atoms with van der Waals surface area (Å²) in [6, 6.07) is 0. The molecular weight excluding hydrogens is 182 g/mol. The molecule has 0 aromatic rings. The molecule has 0 spiro atoms. The molecule has 0 aromatic carbocycles. The molecule has 1 unspecified atom stereocenters. The van der Waals surface area contributed by atoms with Gasteiger partial charge in [-0.2, -0.15) is 0 Å². The molecule has 0 bridgehead atoms. The van der Waals surface area contributed by atoms with Crippen LogP contribution in [-0.4, -0.2) is 49.3 Å². The first-order valence-electron chi connectivity index (χ1n) is 5.16. The van der Waals surface area contributed by atoms with Gasteiger partial charge in [-0.25, -0.2) is 0 Å². The lowest BCUT2D eigenvalue weighted by atomic mass is 10.1. The van der Waals surface area contributed by atoms with Crippen LogP contribution in [-0.2, 0) is 9.53 Å². The highest BCUT2D eigenvalue weighted by Gasteiger charge is 2.20. The van der Waals surface area contributed by atoms with Crippen molar-refractivity contribution in [3.63, 3.8) is 0 Å². The van der Waals surface area contributed by atoms with Gasteiger partial charge < -0.3 is 14.7 Å². The van der Waals surface area contributed by atoms with Crippen LogP contribution in [0, 0.1) is 5.92 Å². The van der Waals surface area contributed by atoms with Crippen LogP contribution < -0.4 is 0 Å². The minimum atomic E-state index is -0.136. The van der Waals surface area contributed by atoms with E-state index in [2.05, 4.69) is 9.64 Å². The molecule has 0 radical (unpaired) electrons. The van der Waals surface area contributed by atoms with Crippen molar-refractivity contribution in [2.24, 2.45) is 5.92 Å². The molecule has 4 heteroatoms. The Morgan fingerprint density at radius 3 is 3.00 bits per heavy atom. The Bertz CT molecular complexity index is 184. The number of rotatable bonds is 5. The van der Waals surface area contributed by atoms with E-state index in [4.69, 9.17) is 5.11 Å². The van der Waals surface area contributed by atoms with E-state index in [0.717, 1.165) is 32.5 Å². The molecular formula is C10H19NO3. The summed E-state index contributed by atoms with van der Waals surface area (Å²) >= 11 is 0. The quantitative estimate of drug-likeness (QED) is 0.648.